The number of hydrogen-bond acceptors (Lipinski definition) is 5. The highest BCUT2D eigenvalue weighted by atomic mass is 16.6. The Labute approximate surface area is 227 Å². The van der Waals surface area contributed by atoms with Crippen molar-refractivity contribution in [2.45, 2.75) is 113 Å². The molecule has 1 saturated heterocycles. The molecule has 1 aromatic rings. The highest BCUT2D eigenvalue weighted by Crippen LogP contribution is 2.77. The molecule has 6 bridgehead atoms. The summed E-state index contributed by atoms with van der Waals surface area (Å²) in [4.78, 5) is 2.86. The number of phenols is 1. The Hall–Kier alpha value is -1.30. The normalized spacial score (nSPS) is 49.1. The van der Waals surface area contributed by atoms with Crippen LogP contribution >= 0.6 is 0 Å². The summed E-state index contributed by atoms with van der Waals surface area (Å²) < 4.78 is 13.7. The van der Waals surface area contributed by atoms with Crippen LogP contribution in [0.15, 0.2) is 12.1 Å². The van der Waals surface area contributed by atoms with E-state index in [1.165, 1.54) is 56.2 Å². The number of rotatable bonds is 6. The summed E-state index contributed by atoms with van der Waals surface area (Å²) in [7, 11) is 1.88. The SMILES string of the molecule is CO[C@]12CC[C@@]3(C[C@@H]1[C@](C)(O)CC1CC4CCC1C4)[C@H]1Cc4ccc(O)c5c4[C@@]3(CCN1CC1CC1)[C@H]2O5. The van der Waals surface area contributed by atoms with Gasteiger partial charge in [-0.15, -0.1) is 0 Å². The van der Waals surface area contributed by atoms with Crippen molar-refractivity contribution >= 4 is 0 Å². The molecule has 0 radical (unpaired) electrons. The van der Waals surface area contributed by atoms with E-state index in [1.54, 1.807) is 0 Å². The van der Waals surface area contributed by atoms with E-state index >= 15 is 0 Å². The monoisotopic (exact) mass is 519 g/mol. The van der Waals surface area contributed by atoms with Gasteiger partial charge in [0.1, 0.15) is 11.7 Å². The molecule has 10 atom stereocenters. The quantitative estimate of drug-likeness (QED) is 0.541. The van der Waals surface area contributed by atoms with Gasteiger partial charge in [-0.25, -0.2) is 0 Å². The van der Waals surface area contributed by atoms with Gasteiger partial charge < -0.3 is 19.7 Å². The van der Waals surface area contributed by atoms with Crippen LogP contribution in [0.2, 0.25) is 0 Å². The van der Waals surface area contributed by atoms with Crippen LogP contribution in [0.3, 0.4) is 0 Å². The fourth-order valence-electron chi connectivity index (χ4n) is 12.4. The maximum atomic E-state index is 12.5. The van der Waals surface area contributed by atoms with Gasteiger partial charge in [0.25, 0.3) is 0 Å². The second-order valence-electron chi connectivity index (χ2n) is 15.4. The first-order valence-electron chi connectivity index (χ1n) is 15.8. The first-order valence-corrected chi connectivity index (χ1v) is 15.8. The summed E-state index contributed by atoms with van der Waals surface area (Å²) in [6.07, 6.45) is 14.2. The maximum absolute atomic E-state index is 12.5. The third-order valence-corrected chi connectivity index (χ3v) is 14.0. The fraction of sp³-hybridized carbons (Fsp3) is 0.818. The van der Waals surface area contributed by atoms with Crippen molar-refractivity contribution in [1.29, 1.82) is 0 Å². The van der Waals surface area contributed by atoms with Gasteiger partial charge in [0.05, 0.1) is 5.60 Å². The number of fused-ring (bicyclic) bond motifs is 4. The second-order valence-corrected chi connectivity index (χ2v) is 15.4. The van der Waals surface area contributed by atoms with Gasteiger partial charge in [-0.05, 0) is 119 Å². The minimum absolute atomic E-state index is 0.0485. The molecule has 38 heavy (non-hydrogen) atoms. The molecule has 2 heterocycles. The predicted molar refractivity (Wildman–Crippen MR) is 144 cm³/mol. The lowest BCUT2D eigenvalue weighted by Gasteiger charge is -2.75. The Bertz CT molecular complexity index is 1190. The molecular weight excluding hydrogens is 474 g/mol. The van der Waals surface area contributed by atoms with Crippen LogP contribution in [-0.2, 0) is 16.6 Å². The third-order valence-electron chi connectivity index (χ3n) is 14.0. The molecule has 9 aliphatic rings. The zero-order valence-electron chi connectivity index (χ0n) is 23.3. The molecule has 10 rings (SSSR count). The molecule has 3 unspecified atom stereocenters. The highest BCUT2D eigenvalue weighted by Gasteiger charge is 2.82. The number of aliphatic hydroxyl groups is 1. The number of aromatic hydroxyl groups is 1. The van der Waals surface area contributed by atoms with Crippen LogP contribution < -0.4 is 4.74 Å². The number of nitrogens with zero attached hydrogens (tertiary/aromatic N) is 1. The number of ether oxygens (including phenoxy) is 2. The summed E-state index contributed by atoms with van der Waals surface area (Å²) in [6.45, 7) is 4.50. The Morgan fingerprint density at radius 3 is 2.74 bits per heavy atom. The Balaban J connectivity index is 1.19. The molecule has 2 N–H and O–H groups in total. The smallest absolute Gasteiger partial charge is 0.165 e. The van der Waals surface area contributed by atoms with Crippen molar-refractivity contribution in [3.05, 3.63) is 23.3 Å². The van der Waals surface area contributed by atoms with Crippen LogP contribution in [0.1, 0.15) is 88.7 Å². The summed E-state index contributed by atoms with van der Waals surface area (Å²) in [5.74, 6) is 4.30. The van der Waals surface area contributed by atoms with Crippen molar-refractivity contribution in [2.24, 2.45) is 35.0 Å². The van der Waals surface area contributed by atoms with E-state index in [2.05, 4.69) is 17.9 Å². The maximum Gasteiger partial charge on any atom is 0.165 e. The van der Waals surface area contributed by atoms with E-state index in [9.17, 15) is 10.2 Å². The van der Waals surface area contributed by atoms with E-state index < -0.39 is 11.2 Å². The fourth-order valence-corrected chi connectivity index (χ4v) is 12.4. The van der Waals surface area contributed by atoms with Crippen molar-refractivity contribution in [2.75, 3.05) is 20.2 Å². The van der Waals surface area contributed by atoms with E-state index in [-0.39, 0.29) is 28.6 Å². The zero-order valence-corrected chi connectivity index (χ0v) is 23.3. The van der Waals surface area contributed by atoms with Gasteiger partial charge in [0.15, 0.2) is 11.5 Å². The first kappa shape index (κ1) is 23.4. The molecule has 5 heteroatoms. The predicted octanol–water partition coefficient (Wildman–Crippen LogP) is 5.19. The molecule has 1 aromatic carbocycles. The number of methoxy groups -OCH3 is 1. The Morgan fingerprint density at radius 2 is 2.00 bits per heavy atom. The van der Waals surface area contributed by atoms with Gasteiger partial charge >= 0.3 is 0 Å². The van der Waals surface area contributed by atoms with Crippen molar-refractivity contribution in [3.8, 4) is 11.5 Å². The largest absolute Gasteiger partial charge is 0.504 e. The average molecular weight is 520 g/mol. The van der Waals surface area contributed by atoms with Gasteiger partial charge in [0.2, 0.25) is 0 Å². The molecular formula is C33H45NO4. The minimum Gasteiger partial charge on any atom is -0.504 e. The summed E-state index contributed by atoms with van der Waals surface area (Å²) in [5.41, 5.74) is 1.35. The van der Waals surface area contributed by atoms with Gasteiger partial charge in [-0.2, -0.15) is 0 Å². The van der Waals surface area contributed by atoms with Crippen LogP contribution in [-0.4, -0.2) is 58.7 Å². The average Bonchev–Trinajstić information content (AvgIpc) is 3.29. The lowest BCUT2D eigenvalue weighted by atomic mass is 9.33. The molecule has 206 valence electrons. The highest BCUT2D eigenvalue weighted by molar-refractivity contribution is 5.63. The second kappa shape index (κ2) is 7.31. The lowest BCUT2D eigenvalue weighted by molar-refractivity contribution is -0.304. The first-order chi connectivity index (χ1) is 18.3. The van der Waals surface area contributed by atoms with Gasteiger partial charge in [-0.3, -0.25) is 4.90 Å². The van der Waals surface area contributed by atoms with Crippen LogP contribution in [0.4, 0.5) is 0 Å². The Morgan fingerprint density at radius 1 is 1.13 bits per heavy atom. The van der Waals surface area contributed by atoms with Gasteiger partial charge in [0, 0.05) is 42.0 Å². The molecule has 6 saturated carbocycles. The minimum atomic E-state index is -0.781. The number of benzene rings is 1. The molecule has 7 fully saturated rings. The topological polar surface area (TPSA) is 62.2 Å². The Kier molecular flexibility index (Phi) is 4.50. The van der Waals surface area contributed by atoms with E-state index in [1.807, 2.05) is 13.2 Å². The number of likely N-dealkylation sites (tertiary alicyclic amines) is 1. The third kappa shape index (κ3) is 2.62. The molecule has 0 aromatic heterocycles. The standard InChI is InChI=1S/C33H45NO4/c1-30(36,16-23-14-20-5-6-21(23)13-20)25-17-31-9-10-33(25,37-2)29-32(31)11-12-34(18-19-3-4-19)26(31)15-22-7-8-24(35)28(38-29)27(22)32/h7-8,19-21,23,25-26,29,35-36H,3-6,9-18H2,1-2H3/t20?,21?,23?,25-,26-,29-,30-,31-,32+,33-/m1/s1. The van der Waals surface area contributed by atoms with Crippen molar-refractivity contribution < 1.29 is 19.7 Å². The van der Waals surface area contributed by atoms with Crippen LogP contribution in [0, 0.1) is 35.0 Å². The summed E-state index contributed by atoms with van der Waals surface area (Å²) >= 11 is 0. The number of phenolic OH excluding ortho intramolecular Hbond substituents is 1. The summed E-state index contributed by atoms with van der Waals surface area (Å²) in [5, 5.41) is 23.6. The van der Waals surface area contributed by atoms with Crippen LogP contribution in [0.5, 0.6) is 11.5 Å². The molecule has 0 amide bonds. The number of hydrogen-bond donors (Lipinski definition) is 2. The molecule has 7 aliphatic carbocycles. The lowest BCUT2D eigenvalue weighted by Crippen LogP contribution is -2.82. The van der Waals surface area contributed by atoms with Gasteiger partial charge in [-0.1, -0.05) is 12.5 Å². The summed E-state index contributed by atoms with van der Waals surface area (Å²) in [6, 6.07) is 4.54. The molecule has 5 nitrogen and oxygen atoms in total. The van der Waals surface area contributed by atoms with E-state index in [0.29, 0.717) is 12.0 Å². The molecule has 2 aliphatic heterocycles. The van der Waals surface area contributed by atoms with E-state index in [0.717, 1.165) is 68.6 Å². The number of piperidine rings is 1. The zero-order chi connectivity index (χ0) is 25.7. The van der Waals surface area contributed by atoms with Crippen molar-refractivity contribution in [3.63, 3.8) is 0 Å². The van der Waals surface area contributed by atoms with Crippen LogP contribution in [0.25, 0.3) is 0 Å². The van der Waals surface area contributed by atoms with Crippen molar-refractivity contribution in [1.82, 2.24) is 4.90 Å². The molecule has 2 spiro atoms. The van der Waals surface area contributed by atoms with E-state index in [4.69, 9.17) is 9.47 Å².